The van der Waals surface area contributed by atoms with Crippen molar-refractivity contribution in [2.24, 2.45) is 0 Å². The second kappa shape index (κ2) is 7.44. The number of halogens is 2. The van der Waals surface area contributed by atoms with Gasteiger partial charge in [-0.25, -0.2) is 4.90 Å². The van der Waals surface area contributed by atoms with E-state index in [1.54, 1.807) is 18.2 Å². The number of nitrogens with one attached hydrogen (secondary N) is 1. The molecule has 7 heteroatoms. The number of hydrogen-bond donors (Lipinski definition) is 1. The molecule has 0 bridgehead atoms. The minimum atomic E-state index is -0.279. The van der Waals surface area contributed by atoms with E-state index in [4.69, 9.17) is 0 Å². The van der Waals surface area contributed by atoms with Gasteiger partial charge in [-0.15, -0.1) is 0 Å². The number of carbonyl (C=O) groups excluding carboxylic acids is 2. The minimum Gasteiger partial charge on any atom is -0.386 e. The Hall–Kier alpha value is -1.07. The maximum atomic E-state index is 12.6. The maximum absolute atomic E-state index is 12.6. The molecular formula is C17H12I2N2O2S. The molecule has 24 heavy (non-hydrogen) atoms. The fourth-order valence-corrected chi connectivity index (χ4v) is 5.53. The number of hydrogen-bond acceptors (Lipinski definition) is 4. The van der Waals surface area contributed by atoms with E-state index >= 15 is 0 Å². The third-order valence-electron chi connectivity index (χ3n) is 3.42. The van der Waals surface area contributed by atoms with Crippen LogP contribution in [0.25, 0.3) is 6.08 Å². The molecule has 1 heterocycles. The topological polar surface area (TPSA) is 49.4 Å². The first kappa shape index (κ1) is 17.7. The smallest absolute Gasteiger partial charge is 0.298 e. The highest BCUT2D eigenvalue weighted by Gasteiger charge is 2.36. The third kappa shape index (κ3) is 3.47. The van der Waals surface area contributed by atoms with E-state index in [0.717, 1.165) is 30.2 Å². The monoisotopic (exact) mass is 562 g/mol. The number of rotatable bonds is 3. The molecule has 0 saturated carbocycles. The third-order valence-corrected chi connectivity index (χ3v) is 5.99. The van der Waals surface area contributed by atoms with Crippen LogP contribution in [0, 0.1) is 7.14 Å². The highest BCUT2D eigenvalue weighted by atomic mass is 127. The minimum absolute atomic E-state index is 0.270. The van der Waals surface area contributed by atoms with Crippen LogP contribution in [0.3, 0.4) is 0 Å². The standard InChI is InChI=1S/C17H12I2N2O2S/c1-20-15-12(18)7-10(8-13(15)19)9-14-16(22)21(17(23)24-14)11-5-3-2-4-6-11/h2-9,20H,1H3/b14-9-. The van der Waals surface area contributed by atoms with E-state index in [1.165, 1.54) is 4.90 Å². The first-order chi connectivity index (χ1) is 11.5. The number of anilines is 2. The summed E-state index contributed by atoms with van der Waals surface area (Å²) in [6.45, 7) is 0. The second-order valence-corrected chi connectivity index (χ2v) is 8.28. The van der Waals surface area contributed by atoms with Crippen molar-refractivity contribution in [1.82, 2.24) is 0 Å². The van der Waals surface area contributed by atoms with Crippen molar-refractivity contribution in [3.63, 3.8) is 0 Å². The second-order valence-electron chi connectivity index (χ2n) is 4.96. The average Bonchev–Trinajstić information content (AvgIpc) is 2.82. The Labute approximate surface area is 171 Å². The predicted octanol–water partition coefficient (Wildman–Crippen LogP) is 5.18. The zero-order valence-electron chi connectivity index (χ0n) is 12.5. The van der Waals surface area contributed by atoms with Gasteiger partial charge in [0.2, 0.25) is 0 Å². The summed E-state index contributed by atoms with van der Waals surface area (Å²) in [6, 6.07) is 13.0. The summed E-state index contributed by atoms with van der Waals surface area (Å²) in [4.78, 5) is 26.5. The molecule has 2 aromatic rings. The molecule has 3 rings (SSSR count). The zero-order valence-corrected chi connectivity index (χ0v) is 17.7. The lowest BCUT2D eigenvalue weighted by atomic mass is 10.2. The highest BCUT2D eigenvalue weighted by molar-refractivity contribution is 14.1. The van der Waals surface area contributed by atoms with Crippen LogP contribution < -0.4 is 10.2 Å². The van der Waals surface area contributed by atoms with E-state index in [-0.39, 0.29) is 11.1 Å². The molecule has 0 aromatic heterocycles. The quantitative estimate of drug-likeness (QED) is 0.414. The van der Waals surface area contributed by atoms with Gasteiger partial charge in [0, 0.05) is 14.2 Å². The van der Waals surface area contributed by atoms with Crippen molar-refractivity contribution in [3.05, 3.63) is 60.1 Å². The van der Waals surface area contributed by atoms with Crippen LogP contribution in [0.4, 0.5) is 16.2 Å². The number of carbonyl (C=O) groups is 2. The van der Waals surface area contributed by atoms with Crippen LogP contribution in [0.1, 0.15) is 5.56 Å². The molecule has 1 N–H and O–H groups in total. The molecule has 2 aromatic carbocycles. The van der Waals surface area contributed by atoms with E-state index in [2.05, 4.69) is 50.5 Å². The molecule has 1 aliphatic heterocycles. The Bertz CT molecular complexity index is 830. The summed E-state index contributed by atoms with van der Waals surface area (Å²) in [5.41, 5.74) is 2.56. The summed E-state index contributed by atoms with van der Waals surface area (Å²) < 4.78 is 2.13. The van der Waals surface area contributed by atoms with Gasteiger partial charge in [0.05, 0.1) is 16.3 Å². The van der Waals surface area contributed by atoms with Crippen molar-refractivity contribution in [2.75, 3.05) is 17.3 Å². The van der Waals surface area contributed by atoms with E-state index in [0.29, 0.717) is 10.6 Å². The van der Waals surface area contributed by atoms with Crippen LogP contribution in [-0.4, -0.2) is 18.2 Å². The molecule has 0 spiro atoms. The molecule has 122 valence electrons. The Morgan fingerprint density at radius 1 is 1.08 bits per heavy atom. The van der Waals surface area contributed by atoms with Gasteiger partial charge in [0.15, 0.2) is 0 Å². The molecule has 4 nitrogen and oxygen atoms in total. The average molecular weight is 562 g/mol. The first-order valence-corrected chi connectivity index (χ1v) is 9.98. The largest absolute Gasteiger partial charge is 0.386 e. The normalized spacial score (nSPS) is 16.1. The molecule has 1 fully saturated rings. The van der Waals surface area contributed by atoms with Crippen molar-refractivity contribution < 1.29 is 9.59 Å². The van der Waals surface area contributed by atoms with Gasteiger partial charge < -0.3 is 5.32 Å². The van der Waals surface area contributed by atoms with Gasteiger partial charge in [-0.05, 0) is 92.8 Å². The summed E-state index contributed by atoms with van der Waals surface area (Å²) in [5.74, 6) is -0.279. The number of para-hydroxylation sites is 1. The van der Waals surface area contributed by atoms with Gasteiger partial charge in [0.1, 0.15) is 0 Å². The SMILES string of the molecule is CNc1c(I)cc(/C=C2\SC(=O)N(c3ccccc3)C2=O)cc1I. The maximum Gasteiger partial charge on any atom is 0.298 e. The van der Waals surface area contributed by atoms with Crippen molar-refractivity contribution in [2.45, 2.75) is 0 Å². The lowest BCUT2D eigenvalue weighted by molar-refractivity contribution is -0.113. The van der Waals surface area contributed by atoms with Crippen molar-refractivity contribution in [3.8, 4) is 0 Å². The van der Waals surface area contributed by atoms with E-state index in [9.17, 15) is 9.59 Å². The number of thioether (sulfide) groups is 1. The fourth-order valence-electron chi connectivity index (χ4n) is 2.33. The first-order valence-electron chi connectivity index (χ1n) is 7.01. The summed E-state index contributed by atoms with van der Waals surface area (Å²) in [5, 5.41) is 2.89. The van der Waals surface area contributed by atoms with Crippen molar-refractivity contribution in [1.29, 1.82) is 0 Å². The number of imide groups is 1. The number of benzene rings is 2. The van der Waals surface area contributed by atoms with E-state index in [1.807, 2.05) is 37.4 Å². The van der Waals surface area contributed by atoms with Gasteiger partial charge >= 0.3 is 0 Å². The molecule has 2 amide bonds. The van der Waals surface area contributed by atoms with Crippen LogP contribution in [0.15, 0.2) is 47.4 Å². The van der Waals surface area contributed by atoms with Gasteiger partial charge in [-0.1, -0.05) is 18.2 Å². The van der Waals surface area contributed by atoms with Crippen LogP contribution >= 0.6 is 56.9 Å². The molecule has 1 aliphatic rings. The Kier molecular flexibility index (Phi) is 5.50. The lowest BCUT2D eigenvalue weighted by Crippen LogP contribution is -2.27. The van der Waals surface area contributed by atoms with Gasteiger partial charge in [0.25, 0.3) is 11.1 Å². The molecule has 0 radical (unpaired) electrons. The zero-order chi connectivity index (χ0) is 17.3. The predicted molar refractivity (Wildman–Crippen MR) is 116 cm³/mol. The fraction of sp³-hybridized carbons (Fsp3) is 0.0588. The lowest BCUT2D eigenvalue weighted by Gasteiger charge is -2.11. The molecular weight excluding hydrogens is 550 g/mol. The summed E-state index contributed by atoms with van der Waals surface area (Å²) in [6.07, 6.45) is 1.78. The molecule has 0 aliphatic carbocycles. The van der Waals surface area contributed by atoms with E-state index < -0.39 is 0 Å². The Morgan fingerprint density at radius 2 is 1.71 bits per heavy atom. The molecule has 1 saturated heterocycles. The van der Waals surface area contributed by atoms with Gasteiger partial charge in [-0.2, -0.15) is 0 Å². The van der Waals surface area contributed by atoms with Gasteiger partial charge in [-0.3, -0.25) is 9.59 Å². The summed E-state index contributed by atoms with van der Waals surface area (Å²) in [7, 11) is 1.88. The van der Waals surface area contributed by atoms with Crippen LogP contribution in [0.5, 0.6) is 0 Å². The van der Waals surface area contributed by atoms with Crippen LogP contribution in [0.2, 0.25) is 0 Å². The summed E-state index contributed by atoms with van der Waals surface area (Å²) >= 11 is 5.48. The Balaban J connectivity index is 1.95. The molecule has 0 unspecified atom stereocenters. The molecule has 0 atom stereocenters. The van der Waals surface area contributed by atoms with Crippen molar-refractivity contribution >= 4 is 85.5 Å². The number of nitrogens with zero attached hydrogens (tertiary/aromatic N) is 1. The van der Waals surface area contributed by atoms with Crippen LogP contribution in [-0.2, 0) is 4.79 Å². The highest BCUT2D eigenvalue weighted by Crippen LogP contribution is 2.36. The number of amides is 2. The Morgan fingerprint density at radius 3 is 2.29 bits per heavy atom.